The lowest BCUT2D eigenvalue weighted by Crippen LogP contribution is -2.13. The molecule has 1 amide bonds. The number of hydrogen-bond acceptors (Lipinski definition) is 6. The van der Waals surface area contributed by atoms with E-state index in [0.29, 0.717) is 0 Å². The summed E-state index contributed by atoms with van der Waals surface area (Å²) in [5.41, 5.74) is -1.55. The number of carboxylic acids is 1. The second-order valence-electron chi connectivity index (χ2n) is 4.68. The number of anilines is 1. The van der Waals surface area contributed by atoms with Crippen molar-refractivity contribution in [1.29, 1.82) is 0 Å². The van der Waals surface area contributed by atoms with Gasteiger partial charge < -0.3 is 10.4 Å². The summed E-state index contributed by atoms with van der Waals surface area (Å²) in [4.78, 5) is 43.4. The van der Waals surface area contributed by atoms with Crippen LogP contribution < -0.4 is 5.32 Å². The summed E-state index contributed by atoms with van der Waals surface area (Å²) in [6.07, 6.45) is 0. The molecule has 2 aromatic carbocycles. The predicted molar refractivity (Wildman–Crippen MR) is 88.8 cm³/mol. The van der Waals surface area contributed by atoms with Gasteiger partial charge in [0, 0.05) is 17.8 Å². The molecule has 11 heteroatoms. The van der Waals surface area contributed by atoms with E-state index in [1.165, 1.54) is 24.3 Å². The Morgan fingerprint density at radius 2 is 1.56 bits per heavy atom. The lowest BCUT2D eigenvalue weighted by atomic mass is 10.1. The van der Waals surface area contributed by atoms with Gasteiger partial charge in [0.25, 0.3) is 17.3 Å². The molecule has 0 radical (unpaired) electrons. The molecule has 2 aromatic rings. The zero-order chi connectivity index (χ0) is 18.7. The molecular formula is C14H8BrN3O7. The maximum atomic E-state index is 12.2. The number of carbonyl (C=O) groups is 2. The first-order chi connectivity index (χ1) is 11.7. The smallest absolute Gasteiger partial charge is 0.335 e. The number of nitro groups is 2. The predicted octanol–water partition coefficient (Wildman–Crippen LogP) is 3.22. The molecule has 128 valence electrons. The number of carboxylic acid groups (broad SMARTS) is 1. The topological polar surface area (TPSA) is 153 Å². The van der Waals surface area contributed by atoms with Crippen LogP contribution in [0.3, 0.4) is 0 Å². The summed E-state index contributed by atoms with van der Waals surface area (Å²) in [5.74, 6) is -2.06. The van der Waals surface area contributed by atoms with Crippen molar-refractivity contribution >= 4 is 44.9 Å². The highest BCUT2D eigenvalue weighted by Gasteiger charge is 2.26. The minimum atomic E-state index is -1.20. The van der Waals surface area contributed by atoms with Crippen LogP contribution in [0.15, 0.2) is 40.9 Å². The molecule has 0 atom stereocenters. The van der Waals surface area contributed by atoms with Gasteiger partial charge in [0.1, 0.15) is 0 Å². The summed E-state index contributed by atoms with van der Waals surface area (Å²) in [5, 5.41) is 33.3. The lowest BCUT2D eigenvalue weighted by molar-refractivity contribution is -0.395. The number of nitrogens with one attached hydrogen (secondary N) is 1. The second kappa shape index (κ2) is 7.05. The van der Waals surface area contributed by atoms with Gasteiger partial charge in [-0.25, -0.2) is 4.79 Å². The minimum absolute atomic E-state index is 0.0782. The molecule has 0 saturated carbocycles. The van der Waals surface area contributed by atoms with Gasteiger partial charge in [-0.05, 0) is 34.1 Å². The highest BCUT2D eigenvalue weighted by Crippen LogP contribution is 2.35. The van der Waals surface area contributed by atoms with Gasteiger partial charge in [-0.2, -0.15) is 0 Å². The molecule has 2 N–H and O–H groups in total. The summed E-state index contributed by atoms with van der Waals surface area (Å²) in [6, 6.07) is 7.06. The number of amides is 1. The van der Waals surface area contributed by atoms with Crippen LogP contribution in [0.2, 0.25) is 0 Å². The number of halogens is 1. The zero-order valence-corrected chi connectivity index (χ0v) is 13.7. The van der Waals surface area contributed by atoms with E-state index in [-0.39, 0.29) is 21.3 Å². The van der Waals surface area contributed by atoms with Gasteiger partial charge in [-0.1, -0.05) is 6.07 Å². The molecule has 0 heterocycles. The van der Waals surface area contributed by atoms with Crippen LogP contribution in [-0.4, -0.2) is 26.8 Å². The molecule has 0 aliphatic heterocycles. The van der Waals surface area contributed by atoms with E-state index < -0.39 is 33.1 Å². The number of nitro benzene ring substituents is 2. The van der Waals surface area contributed by atoms with Gasteiger partial charge in [-0.15, -0.1) is 0 Å². The molecule has 10 nitrogen and oxygen atoms in total. The summed E-state index contributed by atoms with van der Waals surface area (Å²) in [7, 11) is 0. The van der Waals surface area contributed by atoms with Crippen molar-refractivity contribution < 1.29 is 24.5 Å². The Bertz CT molecular complexity index is 878. The van der Waals surface area contributed by atoms with Crippen molar-refractivity contribution in [2.45, 2.75) is 0 Å². The van der Waals surface area contributed by atoms with Crippen molar-refractivity contribution in [1.82, 2.24) is 0 Å². The molecule has 0 aromatic heterocycles. The third-order valence-electron chi connectivity index (χ3n) is 3.06. The van der Waals surface area contributed by atoms with E-state index in [1.807, 2.05) is 0 Å². The van der Waals surface area contributed by atoms with Crippen LogP contribution in [0.5, 0.6) is 0 Å². The first kappa shape index (κ1) is 18.0. The molecule has 0 bridgehead atoms. The number of benzene rings is 2. The summed E-state index contributed by atoms with van der Waals surface area (Å²) in [6.45, 7) is 0. The Labute approximate surface area is 147 Å². The van der Waals surface area contributed by atoms with Crippen LogP contribution in [0.4, 0.5) is 17.1 Å². The van der Waals surface area contributed by atoms with Crippen molar-refractivity contribution in [3.05, 3.63) is 72.2 Å². The second-order valence-corrected chi connectivity index (χ2v) is 5.48. The van der Waals surface area contributed by atoms with E-state index >= 15 is 0 Å². The molecule has 0 aliphatic rings. The Kier molecular flexibility index (Phi) is 5.08. The molecule has 0 spiro atoms. The molecule has 0 fully saturated rings. The van der Waals surface area contributed by atoms with Crippen molar-refractivity contribution in [2.75, 3.05) is 5.32 Å². The van der Waals surface area contributed by atoms with Crippen molar-refractivity contribution in [3.63, 3.8) is 0 Å². The zero-order valence-electron chi connectivity index (χ0n) is 12.1. The van der Waals surface area contributed by atoms with Gasteiger partial charge >= 0.3 is 5.97 Å². The third-order valence-corrected chi connectivity index (χ3v) is 3.87. The Hall–Kier alpha value is -3.34. The number of rotatable bonds is 5. The SMILES string of the molecule is O=C(O)c1cccc(NC(=O)c2cc([N+](=O)[O-])c(Br)c([N+](=O)[O-])c2)c1. The fourth-order valence-electron chi connectivity index (χ4n) is 1.92. The Morgan fingerprint density at radius 3 is 2.04 bits per heavy atom. The van der Waals surface area contributed by atoms with Gasteiger partial charge in [-0.3, -0.25) is 25.0 Å². The molecule has 25 heavy (non-hydrogen) atoms. The molecule has 0 aliphatic carbocycles. The fraction of sp³-hybridized carbons (Fsp3) is 0. The average molecular weight is 410 g/mol. The third kappa shape index (κ3) is 3.95. The largest absolute Gasteiger partial charge is 0.478 e. The highest BCUT2D eigenvalue weighted by atomic mass is 79.9. The van der Waals surface area contributed by atoms with E-state index in [0.717, 1.165) is 12.1 Å². The quantitative estimate of drug-likeness (QED) is 0.567. The van der Waals surface area contributed by atoms with Crippen LogP contribution in [0.25, 0.3) is 0 Å². The van der Waals surface area contributed by atoms with Crippen LogP contribution in [0.1, 0.15) is 20.7 Å². The molecular weight excluding hydrogens is 402 g/mol. The number of nitrogens with zero attached hydrogens (tertiary/aromatic N) is 2. The van der Waals surface area contributed by atoms with Crippen molar-refractivity contribution in [2.24, 2.45) is 0 Å². The maximum Gasteiger partial charge on any atom is 0.335 e. The van der Waals surface area contributed by atoms with E-state index in [9.17, 15) is 29.8 Å². The van der Waals surface area contributed by atoms with E-state index in [2.05, 4.69) is 21.2 Å². The minimum Gasteiger partial charge on any atom is -0.478 e. The maximum absolute atomic E-state index is 12.2. The Balaban J connectivity index is 2.42. The van der Waals surface area contributed by atoms with Crippen molar-refractivity contribution in [3.8, 4) is 0 Å². The van der Waals surface area contributed by atoms with Gasteiger partial charge in [0.15, 0.2) is 4.47 Å². The van der Waals surface area contributed by atoms with Crippen LogP contribution in [-0.2, 0) is 0 Å². The standard InChI is InChI=1S/C14H8BrN3O7/c15-12-10(17(22)23)5-8(6-11(12)18(24)25)13(19)16-9-3-1-2-7(4-9)14(20)21/h1-6H,(H,16,19)(H,20,21). The first-order valence-corrected chi connectivity index (χ1v) is 7.27. The molecule has 0 saturated heterocycles. The van der Waals surface area contributed by atoms with E-state index in [1.54, 1.807) is 0 Å². The number of hydrogen-bond donors (Lipinski definition) is 2. The fourth-order valence-corrected chi connectivity index (χ4v) is 2.44. The molecule has 2 rings (SSSR count). The van der Waals surface area contributed by atoms with Crippen LogP contribution >= 0.6 is 15.9 Å². The number of aromatic carboxylic acids is 1. The van der Waals surface area contributed by atoms with Gasteiger partial charge in [0.2, 0.25) is 0 Å². The number of carbonyl (C=O) groups excluding carboxylic acids is 1. The summed E-state index contributed by atoms with van der Waals surface area (Å²) < 4.78 is -0.355. The average Bonchev–Trinajstić information content (AvgIpc) is 2.54. The highest BCUT2D eigenvalue weighted by molar-refractivity contribution is 9.10. The first-order valence-electron chi connectivity index (χ1n) is 6.47. The lowest BCUT2D eigenvalue weighted by Gasteiger charge is -2.07. The summed E-state index contributed by atoms with van der Waals surface area (Å²) >= 11 is 2.78. The van der Waals surface area contributed by atoms with Crippen LogP contribution in [0, 0.1) is 20.2 Å². The monoisotopic (exact) mass is 409 g/mol. The van der Waals surface area contributed by atoms with E-state index in [4.69, 9.17) is 5.11 Å². The normalized spacial score (nSPS) is 10.1. The molecule has 0 unspecified atom stereocenters. The Morgan fingerprint density at radius 1 is 1.00 bits per heavy atom. The van der Waals surface area contributed by atoms with Gasteiger partial charge in [0.05, 0.1) is 21.0 Å².